The van der Waals surface area contributed by atoms with Crippen LogP contribution in [0.15, 0.2) is 83.3 Å². The number of carbonyl (C=O) groups is 1. The number of hydrogen-bond donors (Lipinski definition) is 3. The number of phenolic OH excluding ortho intramolecular Hbond substituents is 1. The molecule has 2 heterocycles. The molecule has 8 nitrogen and oxygen atoms in total. The van der Waals surface area contributed by atoms with E-state index in [-0.39, 0.29) is 11.4 Å². The van der Waals surface area contributed by atoms with Crippen LogP contribution in [0.25, 0.3) is 22.6 Å². The normalized spacial score (nSPS) is 14.0. The summed E-state index contributed by atoms with van der Waals surface area (Å²) in [5.41, 5.74) is 5.56. The van der Waals surface area contributed by atoms with Crippen LogP contribution in [0, 0.1) is 6.92 Å². The molecule has 1 aliphatic heterocycles. The molecule has 0 aliphatic carbocycles. The van der Waals surface area contributed by atoms with Gasteiger partial charge in [-0.25, -0.2) is 9.78 Å². The second-order valence-electron chi connectivity index (χ2n) is 10.9. The maximum atomic E-state index is 12.9. The first-order valence-corrected chi connectivity index (χ1v) is 13.4. The number of aromatic hydroxyl groups is 1. The van der Waals surface area contributed by atoms with Crippen molar-refractivity contribution in [2.24, 2.45) is 0 Å². The van der Waals surface area contributed by atoms with Crippen LogP contribution in [0.5, 0.6) is 11.5 Å². The van der Waals surface area contributed by atoms with Gasteiger partial charge in [-0.3, -0.25) is 0 Å². The summed E-state index contributed by atoms with van der Waals surface area (Å²) in [7, 11) is 0. The second kappa shape index (κ2) is 10.3. The highest BCUT2D eigenvalue weighted by Crippen LogP contribution is 2.53. The molecule has 0 fully saturated rings. The Bertz CT molecular complexity index is 1850. The van der Waals surface area contributed by atoms with E-state index in [1.165, 1.54) is 12.1 Å². The third-order valence-electron chi connectivity index (χ3n) is 7.30. The number of halogens is 3. The second-order valence-corrected chi connectivity index (χ2v) is 10.9. The average Bonchev–Trinajstić information content (AvgIpc) is 3.50. The number of aryl methyl sites for hydroxylation is 1. The zero-order chi connectivity index (χ0) is 30.5. The standard InChI is InChI=1S/C32H27F3N4O4/c1-18-7-6-10-25-27(18)38-29(42-25)21-15-16-24(40)28-26(21)31(2,3)17-39(28)23-9-5-4-8-22(23)37-30(41)36-19-11-13-20(14-12-19)43-32(33,34)35/h4-16,40H,17H2,1-3H3,(H2,36,37,41). The van der Waals surface area contributed by atoms with Crippen molar-refractivity contribution in [3.63, 3.8) is 0 Å². The molecule has 6 rings (SSSR count). The Balaban J connectivity index is 1.31. The number of ether oxygens (including phenoxy) is 1. The van der Waals surface area contributed by atoms with Crippen LogP contribution in [0.1, 0.15) is 25.0 Å². The van der Waals surface area contributed by atoms with Crippen LogP contribution in [-0.2, 0) is 5.41 Å². The fourth-order valence-corrected chi connectivity index (χ4v) is 5.52. The lowest BCUT2D eigenvalue weighted by Gasteiger charge is -2.25. The fourth-order valence-electron chi connectivity index (χ4n) is 5.52. The number of amides is 2. The zero-order valence-electron chi connectivity index (χ0n) is 23.4. The first kappa shape index (κ1) is 28.0. The molecule has 0 saturated carbocycles. The van der Waals surface area contributed by atoms with E-state index in [4.69, 9.17) is 9.40 Å². The van der Waals surface area contributed by atoms with Gasteiger partial charge in [-0.05, 0) is 72.6 Å². The number of nitrogens with one attached hydrogen (secondary N) is 2. The summed E-state index contributed by atoms with van der Waals surface area (Å²) in [6, 6.07) is 20.6. The molecule has 4 aromatic carbocycles. The number of phenols is 1. The number of aromatic nitrogens is 1. The summed E-state index contributed by atoms with van der Waals surface area (Å²) >= 11 is 0. The van der Waals surface area contributed by atoms with Crippen molar-refractivity contribution in [1.82, 2.24) is 4.98 Å². The number of hydrogen-bond acceptors (Lipinski definition) is 6. The Morgan fingerprint density at radius 2 is 1.74 bits per heavy atom. The number of fused-ring (bicyclic) bond motifs is 2. The van der Waals surface area contributed by atoms with E-state index in [2.05, 4.69) is 29.2 Å². The largest absolute Gasteiger partial charge is 0.573 e. The highest BCUT2D eigenvalue weighted by Gasteiger charge is 2.41. The van der Waals surface area contributed by atoms with Gasteiger partial charge in [0.25, 0.3) is 0 Å². The van der Waals surface area contributed by atoms with Crippen LogP contribution in [0.2, 0.25) is 0 Å². The Morgan fingerprint density at radius 1 is 1.00 bits per heavy atom. The Hall–Kier alpha value is -5.19. The minimum absolute atomic E-state index is 0.0667. The molecule has 0 unspecified atom stereocenters. The number of rotatable bonds is 5. The van der Waals surface area contributed by atoms with Crippen LogP contribution < -0.4 is 20.3 Å². The van der Waals surface area contributed by atoms with Gasteiger partial charge < -0.3 is 29.8 Å². The van der Waals surface area contributed by atoms with E-state index in [1.54, 1.807) is 18.2 Å². The molecular weight excluding hydrogens is 561 g/mol. The van der Waals surface area contributed by atoms with Crippen molar-refractivity contribution in [3.05, 3.63) is 90.0 Å². The van der Waals surface area contributed by atoms with Gasteiger partial charge in [0.15, 0.2) is 5.58 Å². The van der Waals surface area contributed by atoms with Crippen LogP contribution in [0.3, 0.4) is 0 Å². The van der Waals surface area contributed by atoms with Crippen molar-refractivity contribution < 1.29 is 32.2 Å². The summed E-state index contributed by atoms with van der Waals surface area (Å²) in [6.07, 6.45) is -4.81. The maximum absolute atomic E-state index is 12.9. The van der Waals surface area contributed by atoms with Gasteiger partial charge in [-0.2, -0.15) is 0 Å². The molecule has 3 N–H and O–H groups in total. The Labute approximate surface area is 244 Å². The summed E-state index contributed by atoms with van der Waals surface area (Å²) in [6.45, 7) is 6.58. The lowest BCUT2D eigenvalue weighted by Crippen LogP contribution is -2.27. The molecule has 0 radical (unpaired) electrons. The number of benzene rings is 4. The van der Waals surface area contributed by atoms with Crippen molar-refractivity contribution in [2.75, 3.05) is 22.1 Å². The van der Waals surface area contributed by atoms with Gasteiger partial charge in [0.2, 0.25) is 5.89 Å². The van der Waals surface area contributed by atoms with E-state index in [9.17, 15) is 23.1 Å². The Kier molecular flexibility index (Phi) is 6.67. The molecule has 0 bridgehead atoms. The number of para-hydroxylation sites is 3. The predicted molar refractivity (Wildman–Crippen MR) is 158 cm³/mol. The lowest BCUT2D eigenvalue weighted by molar-refractivity contribution is -0.274. The molecule has 0 saturated heterocycles. The lowest BCUT2D eigenvalue weighted by atomic mass is 9.83. The quantitative estimate of drug-likeness (QED) is 0.190. The van der Waals surface area contributed by atoms with Crippen molar-refractivity contribution in [2.45, 2.75) is 32.5 Å². The van der Waals surface area contributed by atoms with E-state index >= 15 is 0 Å². The van der Waals surface area contributed by atoms with E-state index < -0.39 is 23.6 Å². The highest BCUT2D eigenvalue weighted by atomic mass is 19.4. The molecular formula is C32H27F3N4O4. The van der Waals surface area contributed by atoms with E-state index in [0.29, 0.717) is 35.1 Å². The van der Waals surface area contributed by atoms with Gasteiger partial charge in [0.05, 0.1) is 17.1 Å². The van der Waals surface area contributed by atoms with Crippen molar-refractivity contribution in [3.8, 4) is 23.0 Å². The van der Waals surface area contributed by atoms with Crippen LogP contribution >= 0.6 is 0 Å². The van der Waals surface area contributed by atoms with Gasteiger partial charge >= 0.3 is 12.4 Å². The Morgan fingerprint density at radius 3 is 2.47 bits per heavy atom. The molecule has 1 aromatic heterocycles. The summed E-state index contributed by atoms with van der Waals surface area (Å²) in [5.74, 6) is 0.122. The van der Waals surface area contributed by atoms with Crippen molar-refractivity contribution >= 4 is 39.9 Å². The molecule has 0 atom stereocenters. The van der Waals surface area contributed by atoms with Crippen LogP contribution in [-0.4, -0.2) is 29.0 Å². The first-order valence-electron chi connectivity index (χ1n) is 13.4. The molecule has 5 aromatic rings. The van der Waals surface area contributed by atoms with E-state index in [0.717, 1.165) is 34.3 Å². The highest BCUT2D eigenvalue weighted by molar-refractivity contribution is 6.03. The fraction of sp³-hybridized carbons (Fsp3) is 0.188. The van der Waals surface area contributed by atoms with Crippen molar-refractivity contribution in [1.29, 1.82) is 0 Å². The number of carbonyl (C=O) groups excluding carboxylic acids is 1. The summed E-state index contributed by atoms with van der Waals surface area (Å²) < 4.78 is 47.4. The van der Waals surface area contributed by atoms with Gasteiger partial charge in [0, 0.05) is 23.2 Å². The number of oxazole rings is 1. The number of urea groups is 1. The summed E-state index contributed by atoms with van der Waals surface area (Å²) in [4.78, 5) is 19.7. The summed E-state index contributed by atoms with van der Waals surface area (Å²) in [5, 5.41) is 16.6. The molecule has 1 aliphatic rings. The number of nitrogens with zero attached hydrogens (tertiary/aromatic N) is 2. The molecule has 2 amide bonds. The third kappa shape index (κ3) is 5.41. The van der Waals surface area contributed by atoms with Gasteiger partial charge in [0.1, 0.15) is 17.0 Å². The van der Waals surface area contributed by atoms with E-state index in [1.807, 2.05) is 48.2 Å². The number of anilines is 4. The minimum Gasteiger partial charge on any atom is -0.506 e. The molecule has 220 valence electrons. The zero-order valence-corrected chi connectivity index (χ0v) is 23.4. The molecule has 0 spiro atoms. The monoisotopic (exact) mass is 588 g/mol. The average molecular weight is 589 g/mol. The van der Waals surface area contributed by atoms with Gasteiger partial charge in [-0.1, -0.05) is 38.1 Å². The number of alkyl halides is 3. The SMILES string of the molecule is Cc1cccc2oc(-c3ccc(O)c4c3C(C)(C)CN4c3ccccc3NC(=O)Nc3ccc(OC(F)(F)F)cc3)nc12. The minimum atomic E-state index is -4.81. The van der Waals surface area contributed by atoms with Crippen LogP contribution in [0.4, 0.5) is 40.7 Å². The molecule has 43 heavy (non-hydrogen) atoms. The van der Waals surface area contributed by atoms with Gasteiger partial charge in [-0.15, -0.1) is 13.2 Å². The topological polar surface area (TPSA) is 99.9 Å². The predicted octanol–water partition coefficient (Wildman–Crippen LogP) is 8.48. The maximum Gasteiger partial charge on any atom is 0.573 e. The molecule has 11 heteroatoms. The third-order valence-corrected chi connectivity index (χ3v) is 7.30. The smallest absolute Gasteiger partial charge is 0.506 e. The first-order chi connectivity index (χ1) is 20.4.